The lowest BCUT2D eigenvalue weighted by Gasteiger charge is -2.22. The zero-order valence-corrected chi connectivity index (χ0v) is 31.6. The van der Waals surface area contributed by atoms with Crippen molar-refractivity contribution in [3.05, 3.63) is 30.3 Å². The Morgan fingerprint density at radius 1 is 0.423 bits per heavy atom. The average Bonchev–Trinajstić information content (AvgIpc) is 3.16. The molecule has 1 heterocycles. The number of ether oxygens (including phenoxy) is 12. The molecule has 1 aliphatic heterocycles. The Morgan fingerprint density at radius 3 is 1.04 bits per heavy atom. The molecular weight excluding hydrogens is 706 g/mol. The van der Waals surface area contributed by atoms with Gasteiger partial charge in [0.1, 0.15) is 0 Å². The predicted octanol–water partition coefficient (Wildman–Crippen LogP) is 1.34. The van der Waals surface area contributed by atoms with E-state index in [9.17, 15) is 8.42 Å². The van der Waals surface area contributed by atoms with Crippen molar-refractivity contribution in [3.8, 4) is 0 Å². The van der Waals surface area contributed by atoms with E-state index in [1.807, 2.05) is 0 Å². The molecule has 0 atom stereocenters. The molecule has 0 radical (unpaired) electrons. The Balaban J connectivity index is 1.14. The van der Waals surface area contributed by atoms with Crippen molar-refractivity contribution in [2.75, 3.05) is 172 Å². The van der Waals surface area contributed by atoms with Crippen LogP contribution in [-0.4, -0.2) is 186 Å². The maximum absolute atomic E-state index is 12.0. The van der Waals surface area contributed by atoms with Gasteiger partial charge in [-0.15, -0.1) is 0 Å². The van der Waals surface area contributed by atoms with Crippen molar-refractivity contribution in [2.45, 2.75) is 23.8 Å². The lowest BCUT2D eigenvalue weighted by molar-refractivity contribution is -0.0326. The summed E-state index contributed by atoms with van der Waals surface area (Å²) in [6.07, 6.45) is 2.51. The van der Waals surface area contributed by atoms with Gasteiger partial charge in [-0.05, 0) is 38.1 Å². The summed E-state index contributed by atoms with van der Waals surface area (Å²) in [5.74, 6) is 0. The summed E-state index contributed by atoms with van der Waals surface area (Å²) in [4.78, 5) is 0.120. The van der Waals surface area contributed by atoms with Gasteiger partial charge < -0.3 is 62.2 Å². The summed E-state index contributed by atoms with van der Waals surface area (Å²) < 4.78 is 94.8. The largest absolute Gasteiger partial charge is 0.377 e. The van der Waals surface area contributed by atoms with Crippen LogP contribution in [0.1, 0.15) is 12.8 Å². The predicted molar refractivity (Wildman–Crippen MR) is 190 cm³/mol. The molecular formula is C35H63NO15S. The summed E-state index contributed by atoms with van der Waals surface area (Å²) in [7, 11) is -3.76. The molecule has 1 saturated heterocycles. The van der Waals surface area contributed by atoms with E-state index < -0.39 is 10.1 Å². The van der Waals surface area contributed by atoms with E-state index in [0.717, 1.165) is 25.9 Å². The van der Waals surface area contributed by atoms with E-state index in [1.54, 1.807) is 18.2 Å². The van der Waals surface area contributed by atoms with Gasteiger partial charge in [0, 0.05) is 0 Å². The van der Waals surface area contributed by atoms with Gasteiger partial charge in [0.15, 0.2) is 0 Å². The molecule has 1 aromatic carbocycles. The van der Waals surface area contributed by atoms with Gasteiger partial charge >= 0.3 is 0 Å². The first-order valence-electron chi connectivity index (χ1n) is 18.3. The third-order valence-electron chi connectivity index (χ3n) is 7.09. The fourth-order valence-corrected chi connectivity index (χ4v) is 5.31. The molecule has 52 heavy (non-hydrogen) atoms. The van der Waals surface area contributed by atoms with Gasteiger partial charge in [-0.1, -0.05) is 18.2 Å². The van der Waals surface area contributed by atoms with Crippen molar-refractivity contribution < 1.29 is 69.4 Å². The lowest BCUT2D eigenvalue weighted by Crippen LogP contribution is -2.33. The highest BCUT2D eigenvalue weighted by atomic mass is 32.2. The fraction of sp³-hybridized carbons (Fsp3) is 0.829. The van der Waals surface area contributed by atoms with Gasteiger partial charge in [0.2, 0.25) is 0 Å². The van der Waals surface area contributed by atoms with E-state index in [4.69, 9.17) is 61.0 Å². The molecule has 16 nitrogen and oxygen atoms in total. The van der Waals surface area contributed by atoms with Crippen LogP contribution in [0.5, 0.6) is 0 Å². The molecule has 0 aliphatic carbocycles. The van der Waals surface area contributed by atoms with Crippen LogP contribution >= 0.6 is 0 Å². The zero-order valence-electron chi connectivity index (χ0n) is 30.8. The van der Waals surface area contributed by atoms with Crippen molar-refractivity contribution in [1.82, 2.24) is 5.32 Å². The molecule has 2 rings (SSSR count). The molecule has 0 bridgehead atoms. The van der Waals surface area contributed by atoms with Crippen LogP contribution in [0.2, 0.25) is 0 Å². The second kappa shape index (κ2) is 35.3. The first-order valence-corrected chi connectivity index (χ1v) is 19.7. The molecule has 1 aromatic rings. The normalized spacial score (nSPS) is 14.0. The third kappa shape index (κ3) is 29.0. The molecule has 1 N–H and O–H groups in total. The van der Waals surface area contributed by atoms with Crippen molar-refractivity contribution in [1.29, 1.82) is 0 Å². The van der Waals surface area contributed by atoms with Crippen molar-refractivity contribution in [2.24, 2.45) is 0 Å². The van der Waals surface area contributed by atoms with E-state index in [0.29, 0.717) is 151 Å². The number of benzene rings is 1. The van der Waals surface area contributed by atoms with Gasteiger partial charge in [0.05, 0.1) is 170 Å². The number of hydrogen-bond donors (Lipinski definition) is 1. The smallest absolute Gasteiger partial charge is 0.297 e. The Bertz CT molecular complexity index is 990. The molecule has 0 unspecified atom stereocenters. The number of nitrogens with one attached hydrogen (secondary N) is 1. The van der Waals surface area contributed by atoms with Gasteiger partial charge in [-0.25, -0.2) is 0 Å². The molecule has 1 fully saturated rings. The second-order valence-electron chi connectivity index (χ2n) is 11.1. The van der Waals surface area contributed by atoms with E-state index in [-0.39, 0.29) is 18.1 Å². The van der Waals surface area contributed by atoms with Crippen molar-refractivity contribution in [3.63, 3.8) is 0 Å². The first-order chi connectivity index (χ1) is 25.7. The van der Waals surface area contributed by atoms with Crippen LogP contribution in [0.4, 0.5) is 0 Å². The van der Waals surface area contributed by atoms with Gasteiger partial charge in [-0.2, -0.15) is 8.42 Å². The van der Waals surface area contributed by atoms with E-state index in [2.05, 4.69) is 5.32 Å². The van der Waals surface area contributed by atoms with Crippen LogP contribution in [0, 0.1) is 0 Å². The van der Waals surface area contributed by atoms with Crippen LogP contribution in [0.25, 0.3) is 0 Å². The standard InChI is InChI=1S/C35H63NO15S/c37-52(38,35-4-2-1-3-5-35)51-33-31-49-29-27-47-25-23-45-21-19-43-17-15-41-13-11-39-10-12-40-14-16-42-18-20-44-22-24-46-26-28-48-30-32-50-34-6-8-36-9-7-34/h1-5,34,36H,6-33H2. The second-order valence-corrected chi connectivity index (χ2v) is 12.8. The highest BCUT2D eigenvalue weighted by Crippen LogP contribution is 2.11. The van der Waals surface area contributed by atoms with Crippen LogP contribution < -0.4 is 5.32 Å². The summed E-state index contributed by atoms with van der Waals surface area (Å²) in [5.41, 5.74) is 0. The van der Waals surface area contributed by atoms with E-state index >= 15 is 0 Å². The third-order valence-corrected chi connectivity index (χ3v) is 8.41. The molecule has 0 aromatic heterocycles. The lowest BCUT2D eigenvalue weighted by atomic mass is 10.1. The number of hydrogen-bond acceptors (Lipinski definition) is 16. The Kier molecular flexibility index (Phi) is 31.8. The monoisotopic (exact) mass is 769 g/mol. The Labute approximate surface area is 310 Å². The summed E-state index contributed by atoms with van der Waals surface area (Å²) in [6, 6.07) is 7.98. The van der Waals surface area contributed by atoms with Gasteiger partial charge in [-0.3, -0.25) is 4.18 Å². The average molecular weight is 770 g/mol. The Hall–Kier alpha value is -1.39. The maximum atomic E-state index is 12.0. The van der Waals surface area contributed by atoms with Crippen molar-refractivity contribution >= 4 is 10.1 Å². The topological polar surface area (TPSA) is 166 Å². The SMILES string of the molecule is O=S(=O)(OCCOCCOCCOCCOCCOCCOCCOCCOCCOCCOCCOCCOC1CCNCC1)c1ccccc1. The molecule has 17 heteroatoms. The molecule has 0 saturated carbocycles. The molecule has 304 valence electrons. The Morgan fingerprint density at radius 2 is 0.712 bits per heavy atom. The minimum Gasteiger partial charge on any atom is -0.377 e. The minimum absolute atomic E-state index is 0.0594. The zero-order chi connectivity index (χ0) is 36.9. The quantitative estimate of drug-likeness (QED) is 0.0753. The maximum Gasteiger partial charge on any atom is 0.297 e. The van der Waals surface area contributed by atoms with Crippen LogP contribution in [0.15, 0.2) is 35.2 Å². The van der Waals surface area contributed by atoms with Gasteiger partial charge in [0.25, 0.3) is 10.1 Å². The highest BCUT2D eigenvalue weighted by Gasteiger charge is 2.14. The summed E-state index contributed by atoms with van der Waals surface area (Å²) in [6.45, 7) is 12.9. The molecule has 0 spiro atoms. The molecule has 1 aliphatic rings. The number of piperidine rings is 1. The fourth-order valence-electron chi connectivity index (χ4n) is 4.39. The number of rotatable bonds is 39. The molecule has 0 amide bonds. The highest BCUT2D eigenvalue weighted by molar-refractivity contribution is 7.86. The van der Waals surface area contributed by atoms with Crippen LogP contribution in [-0.2, 0) is 71.1 Å². The minimum atomic E-state index is -3.76. The van der Waals surface area contributed by atoms with Crippen LogP contribution in [0.3, 0.4) is 0 Å². The summed E-state index contributed by atoms with van der Waals surface area (Å²) in [5, 5.41) is 3.32. The van der Waals surface area contributed by atoms with E-state index in [1.165, 1.54) is 12.1 Å². The summed E-state index contributed by atoms with van der Waals surface area (Å²) >= 11 is 0. The first kappa shape index (κ1) is 46.8.